The molecule has 1 aliphatic rings. The lowest BCUT2D eigenvalue weighted by molar-refractivity contribution is 0.141. The van der Waals surface area contributed by atoms with E-state index in [0.717, 1.165) is 25.4 Å². The number of aliphatic hydroxyl groups is 1. The van der Waals surface area contributed by atoms with E-state index in [1.807, 2.05) is 11.8 Å². The van der Waals surface area contributed by atoms with Crippen molar-refractivity contribution in [2.24, 2.45) is 5.92 Å². The van der Waals surface area contributed by atoms with Crippen molar-refractivity contribution < 1.29 is 5.11 Å². The smallest absolute Gasteiger partial charge is 0.0667 e. The van der Waals surface area contributed by atoms with Crippen LogP contribution in [0.2, 0.25) is 0 Å². The van der Waals surface area contributed by atoms with Crippen LogP contribution < -0.4 is 5.32 Å². The first-order chi connectivity index (χ1) is 8.83. The van der Waals surface area contributed by atoms with E-state index in [0.29, 0.717) is 0 Å². The number of thioether (sulfide) groups is 1. The maximum Gasteiger partial charge on any atom is 0.0667 e. The number of hydrogen-bond acceptors (Lipinski definition) is 3. The topological polar surface area (TPSA) is 32.3 Å². The molecule has 0 aliphatic heterocycles. The molecule has 1 fully saturated rings. The van der Waals surface area contributed by atoms with E-state index < -0.39 is 0 Å². The first-order valence-corrected chi connectivity index (χ1v) is 9.10. The van der Waals surface area contributed by atoms with Crippen LogP contribution in [0.1, 0.15) is 57.8 Å². The first-order valence-electron chi connectivity index (χ1n) is 7.70. The standard InChI is InChI=1S/C15H31NOS/c1-18-11-7-3-2-6-10-16-13-15(17)12-14-8-4-5-9-14/h14-17H,2-13H2,1H3. The summed E-state index contributed by atoms with van der Waals surface area (Å²) in [7, 11) is 0. The number of unbranched alkanes of at least 4 members (excludes halogenated alkanes) is 3. The van der Waals surface area contributed by atoms with Crippen LogP contribution >= 0.6 is 11.8 Å². The summed E-state index contributed by atoms with van der Waals surface area (Å²) in [6.07, 6.45) is 13.8. The zero-order chi connectivity index (χ0) is 13.1. The van der Waals surface area contributed by atoms with Gasteiger partial charge in [0, 0.05) is 6.54 Å². The summed E-state index contributed by atoms with van der Waals surface area (Å²) < 4.78 is 0. The quantitative estimate of drug-likeness (QED) is 0.566. The Kier molecular flexibility index (Phi) is 10.1. The van der Waals surface area contributed by atoms with E-state index in [9.17, 15) is 5.11 Å². The molecule has 1 rings (SSSR count). The second-order valence-electron chi connectivity index (χ2n) is 5.65. The highest BCUT2D eigenvalue weighted by Gasteiger charge is 2.18. The van der Waals surface area contributed by atoms with Crippen LogP contribution in [-0.2, 0) is 0 Å². The minimum Gasteiger partial charge on any atom is -0.392 e. The van der Waals surface area contributed by atoms with E-state index in [-0.39, 0.29) is 6.10 Å². The van der Waals surface area contributed by atoms with Crippen molar-refractivity contribution in [3.05, 3.63) is 0 Å². The SMILES string of the molecule is CSCCCCCCNCC(O)CC1CCCC1. The Bertz CT molecular complexity index is 183. The summed E-state index contributed by atoms with van der Waals surface area (Å²) in [5.41, 5.74) is 0. The maximum absolute atomic E-state index is 9.92. The molecule has 0 aromatic heterocycles. The molecular weight excluding hydrogens is 242 g/mol. The van der Waals surface area contributed by atoms with Crippen molar-refractivity contribution in [1.82, 2.24) is 5.32 Å². The van der Waals surface area contributed by atoms with Crippen molar-refractivity contribution in [3.63, 3.8) is 0 Å². The van der Waals surface area contributed by atoms with Crippen molar-refractivity contribution >= 4 is 11.8 Å². The summed E-state index contributed by atoms with van der Waals surface area (Å²) in [6, 6.07) is 0. The lowest BCUT2D eigenvalue weighted by Gasteiger charge is -2.15. The van der Waals surface area contributed by atoms with Crippen LogP contribution in [0.3, 0.4) is 0 Å². The first kappa shape index (κ1) is 16.3. The molecule has 3 heteroatoms. The van der Waals surface area contributed by atoms with Crippen LogP contribution in [-0.4, -0.2) is 36.3 Å². The van der Waals surface area contributed by atoms with Crippen molar-refractivity contribution in [3.8, 4) is 0 Å². The van der Waals surface area contributed by atoms with Crippen molar-refractivity contribution in [1.29, 1.82) is 0 Å². The predicted molar refractivity (Wildman–Crippen MR) is 82.3 cm³/mol. The Labute approximate surface area is 117 Å². The number of nitrogens with one attached hydrogen (secondary N) is 1. The van der Waals surface area contributed by atoms with Crippen LogP contribution in [0.25, 0.3) is 0 Å². The van der Waals surface area contributed by atoms with Gasteiger partial charge < -0.3 is 10.4 Å². The Balaban J connectivity index is 1.81. The second kappa shape index (κ2) is 11.1. The highest BCUT2D eigenvalue weighted by molar-refractivity contribution is 7.98. The van der Waals surface area contributed by atoms with Gasteiger partial charge in [0.05, 0.1) is 6.10 Å². The molecule has 0 aromatic carbocycles. The van der Waals surface area contributed by atoms with E-state index in [4.69, 9.17) is 0 Å². The molecule has 2 N–H and O–H groups in total. The monoisotopic (exact) mass is 273 g/mol. The Hall–Kier alpha value is 0.270. The van der Waals surface area contributed by atoms with Gasteiger partial charge in [-0.3, -0.25) is 0 Å². The van der Waals surface area contributed by atoms with E-state index in [1.165, 1.54) is 57.1 Å². The molecule has 0 spiro atoms. The molecule has 2 nitrogen and oxygen atoms in total. The van der Waals surface area contributed by atoms with Gasteiger partial charge >= 0.3 is 0 Å². The van der Waals surface area contributed by atoms with Gasteiger partial charge in [-0.15, -0.1) is 0 Å². The summed E-state index contributed by atoms with van der Waals surface area (Å²) in [5, 5.41) is 13.3. The van der Waals surface area contributed by atoms with Gasteiger partial charge in [0.2, 0.25) is 0 Å². The van der Waals surface area contributed by atoms with Gasteiger partial charge in [-0.2, -0.15) is 11.8 Å². The molecule has 0 bridgehead atoms. The molecule has 1 saturated carbocycles. The number of rotatable bonds is 11. The molecule has 1 atom stereocenters. The van der Waals surface area contributed by atoms with Gasteiger partial charge in [-0.1, -0.05) is 38.5 Å². The second-order valence-corrected chi connectivity index (χ2v) is 6.64. The molecule has 0 heterocycles. The van der Waals surface area contributed by atoms with E-state index in [1.54, 1.807) is 0 Å². The highest BCUT2D eigenvalue weighted by Crippen LogP contribution is 2.28. The normalized spacial score (nSPS) is 18.3. The lowest BCUT2D eigenvalue weighted by Crippen LogP contribution is -2.28. The largest absolute Gasteiger partial charge is 0.392 e. The number of hydrogen-bond donors (Lipinski definition) is 2. The molecule has 0 saturated heterocycles. The summed E-state index contributed by atoms with van der Waals surface area (Å²) in [4.78, 5) is 0. The fourth-order valence-electron chi connectivity index (χ4n) is 2.83. The Morgan fingerprint density at radius 3 is 2.61 bits per heavy atom. The summed E-state index contributed by atoms with van der Waals surface area (Å²) in [5.74, 6) is 2.10. The summed E-state index contributed by atoms with van der Waals surface area (Å²) in [6.45, 7) is 1.86. The summed E-state index contributed by atoms with van der Waals surface area (Å²) >= 11 is 1.94. The van der Waals surface area contributed by atoms with Gasteiger partial charge in [0.25, 0.3) is 0 Å². The van der Waals surface area contributed by atoms with Gasteiger partial charge in [0.1, 0.15) is 0 Å². The molecule has 1 aliphatic carbocycles. The third kappa shape index (κ3) is 8.39. The third-order valence-electron chi connectivity index (χ3n) is 3.91. The van der Waals surface area contributed by atoms with E-state index >= 15 is 0 Å². The van der Waals surface area contributed by atoms with Crippen molar-refractivity contribution in [2.45, 2.75) is 63.9 Å². The Morgan fingerprint density at radius 2 is 1.89 bits per heavy atom. The molecule has 0 amide bonds. The van der Waals surface area contributed by atoms with Crippen LogP contribution in [0.15, 0.2) is 0 Å². The van der Waals surface area contributed by atoms with Crippen LogP contribution in [0.4, 0.5) is 0 Å². The third-order valence-corrected chi connectivity index (χ3v) is 4.61. The zero-order valence-corrected chi connectivity index (χ0v) is 12.8. The molecule has 0 aromatic rings. The minimum atomic E-state index is -0.121. The average molecular weight is 273 g/mol. The van der Waals surface area contributed by atoms with Crippen LogP contribution in [0.5, 0.6) is 0 Å². The van der Waals surface area contributed by atoms with Crippen LogP contribution in [0, 0.1) is 5.92 Å². The molecule has 18 heavy (non-hydrogen) atoms. The maximum atomic E-state index is 9.92. The molecule has 108 valence electrons. The fraction of sp³-hybridized carbons (Fsp3) is 1.00. The Morgan fingerprint density at radius 1 is 1.17 bits per heavy atom. The van der Waals surface area contributed by atoms with Gasteiger partial charge in [0.15, 0.2) is 0 Å². The van der Waals surface area contributed by atoms with Crippen molar-refractivity contribution in [2.75, 3.05) is 25.1 Å². The minimum absolute atomic E-state index is 0.121. The zero-order valence-electron chi connectivity index (χ0n) is 12.0. The van der Waals surface area contributed by atoms with Gasteiger partial charge in [-0.25, -0.2) is 0 Å². The molecular formula is C15H31NOS. The average Bonchev–Trinajstić information content (AvgIpc) is 2.85. The predicted octanol–water partition coefficient (Wildman–Crippen LogP) is 3.44. The fourth-order valence-corrected chi connectivity index (χ4v) is 3.33. The van der Waals surface area contributed by atoms with Gasteiger partial charge in [-0.05, 0) is 43.7 Å². The lowest BCUT2D eigenvalue weighted by atomic mass is 10.00. The van der Waals surface area contributed by atoms with E-state index in [2.05, 4.69) is 11.6 Å². The highest BCUT2D eigenvalue weighted by atomic mass is 32.2. The number of aliphatic hydroxyl groups excluding tert-OH is 1. The molecule has 1 unspecified atom stereocenters. The molecule has 0 radical (unpaired) electrons.